The highest BCUT2D eigenvalue weighted by atomic mass is 15.3. The molecule has 1 aromatic heterocycles. The Kier molecular flexibility index (Phi) is 4.93. The summed E-state index contributed by atoms with van der Waals surface area (Å²) in [6.07, 6.45) is 8.94. The summed E-state index contributed by atoms with van der Waals surface area (Å²) in [5, 5.41) is 3.29. The molecule has 1 saturated carbocycles. The second-order valence-electron chi connectivity index (χ2n) is 4.95. The Morgan fingerprint density at radius 1 is 1.28 bits per heavy atom. The van der Waals surface area contributed by atoms with Crippen molar-refractivity contribution < 1.29 is 0 Å². The minimum atomic E-state index is 0.691. The SMILES string of the molecule is CCCCN(c1ncc(CNCC)cn1)C1CC1. The maximum atomic E-state index is 4.52. The summed E-state index contributed by atoms with van der Waals surface area (Å²) in [5.74, 6) is 0.909. The number of nitrogens with zero attached hydrogens (tertiary/aromatic N) is 3. The maximum Gasteiger partial charge on any atom is 0.225 e. The number of unbranched alkanes of at least 4 members (excludes halogenated alkanes) is 1. The van der Waals surface area contributed by atoms with Crippen molar-refractivity contribution in [3.05, 3.63) is 18.0 Å². The molecule has 0 aliphatic heterocycles. The molecule has 4 heteroatoms. The van der Waals surface area contributed by atoms with Crippen LogP contribution < -0.4 is 10.2 Å². The Labute approximate surface area is 110 Å². The molecule has 100 valence electrons. The first kappa shape index (κ1) is 13.3. The van der Waals surface area contributed by atoms with Gasteiger partial charge in [-0.1, -0.05) is 20.3 Å². The van der Waals surface area contributed by atoms with Gasteiger partial charge in [-0.2, -0.15) is 0 Å². The lowest BCUT2D eigenvalue weighted by Crippen LogP contribution is -2.28. The van der Waals surface area contributed by atoms with Crippen molar-refractivity contribution in [2.24, 2.45) is 0 Å². The van der Waals surface area contributed by atoms with Gasteiger partial charge in [0, 0.05) is 37.1 Å². The number of anilines is 1. The van der Waals surface area contributed by atoms with Crippen LogP contribution in [-0.4, -0.2) is 29.1 Å². The zero-order chi connectivity index (χ0) is 12.8. The largest absolute Gasteiger partial charge is 0.338 e. The molecule has 0 atom stereocenters. The first-order valence-electron chi connectivity index (χ1n) is 7.13. The van der Waals surface area contributed by atoms with Crippen LogP contribution in [0.4, 0.5) is 5.95 Å². The van der Waals surface area contributed by atoms with Gasteiger partial charge in [-0.05, 0) is 25.8 Å². The smallest absolute Gasteiger partial charge is 0.225 e. The number of aromatic nitrogens is 2. The van der Waals surface area contributed by atoms with Crippen molar-refractivity contribution in [1.82, 2.24) is 15.3 Å². The molecule has 4 nitrogen and oxygen atoms in total. The Balaban J connectivity index is 1.96. The second-order valence-corrected chi connectivity index (χ2v) is 4.95. The van der Waals surface area contributed by atoms with Crippen LogP contribution in [-0.2, 0) is 6.54 Å². The van der Waals surface area contributed by atoms with Gasteiger partial charge in [0.1, 0.15) is 0 Å². The third-order valence-corrected chi connectivity index (χ3v) is 3.27. The molecule has 0 saturated heterocycles. The first-order valence-corrected chi connectivity index (χ1v) is 7.13. The summed E-state index contributed by atoms with van der Waals surface area (Å²) in [6.45, 7) is 7.26. The summed E-state index contributed by atoms with van der Waals surface area (Å²) < 4.78 is 0. The topological polar surface area (TPSA) is 41.1 Å². The minimum Gasteiger partial charge on any atom is -0.338 e. The molecule has 0 aromatic carbocycles. The van der Waals surface area contributed by atoms with Crippen molar-refractivity contribution in [3.8, 4) is 0 Å². The maximum absolute atomic E-state index is 4.52. The van der Waals surface area contributed by atoms with E-state index in [-0.39, 0.29) is 0 Å². The average Bonchev–Trinajstić information content (AvgIpc) is 3.23. The lowest BCUT2D eigenvalue weighted by atomic mass is 10.3. The zero-order valence-electron chi connectivity index (χ0n) is 11.5. The van der Waals surface area contributed by atoms with E-state index in [1.807, 2.05) is 12.4 Å². The molecule has 0 radical (unpaired) electrons. The van der Waals surface area contributed by atoms with Crippen LogP contribution in [0.2, 0.25) is 0 Å². The Bertz CT molecular complexity index is 345. The van der Waals surface area contributed by atoms with E-state index in [0.717, 1.165) is 31.1 Å². The molecular weight excluding hydrogens is 224 g/mol. The van der Waals surface area contributed by atoms with Gasteiger partial charge in [0.05, 0.1) is 0 Å². The number of nitrogens with one attached hydrogen (secondary N) is 1. The van der Waals surface area contributed by atoms with Gasteiger partial charge >= 0.3 is 0 Å². The molecule has 1 heterocycles. The molecule has 1 N–H and O–H groups in total. The number of hydrogen-bond acceptors (Lipinski definition) is 4. The molecule has 1 fully saturated rings. The molecule has 0 amide bonds. The predicted molar refractivity (Wildman–Crippen MR) is 74.7 cm³/mol. The normalized spacial score (nSPS) is 14.8. The van der Waals surface area contributed by atoms with Crippen LogP contribution in [0, 0.1) is 0 Å². The summed E-state index contributed by atoms with van der Waals surface area (Å²) in [6, 6.07) is 0.691. The third kappa shape index (κ3) is 3.67. The van der Waals surface area contributed by atoms with Crippen LogP contribution in [0.5, 0.6) is 0 Å². The first-order chi connectivity index (χ1) is 8.85. The molecule has 0 bridgehead atoms. The van der Waals surface area contributed by atoms with E-state index in [1.54, 1.807) is 0 Å². The average molecular weight is 248 g/mol. The van der Waals surface area contributed by atoms with Crippen LogP contribution in [0.25, 0.3) is 0 Å². The summed E-state index contributed by atoms with van der Waals surface area (Å²) in [5.41, 5.74) is 1.16. The van der Waals surface area contributed by atoms with E-state index in [0.29, 0.717) is 6.04 Å². The van der Waals surface area contributed by atoms with E-state index in [2.05, 4.69) is 34.0 Å². The van der Waals surface area contributed by atoms with Gasteiger partial charge in [-0.25, -0.2) is 9.97 Å². The van der Waals surface area contributed by atoms with Crippen molar-refractivity contribution >= 4 is 5.95 Å². The quantitative estimate of drug-likeness (QED) is 0.767. The lowest BCUT2D eigenvalue weighted by molar-refractivity contribution is 0.687. The van der Waals surface area contributed by atoms with E-state index >= 15 is 0 Å². The molecule has 1 aliphatic rings. The van der Waals surface area contributed by atoms with Gasteiger partial charge in [0.15, 0.2) is 0 Å². The molecule has 1 aromatic rings. The van der Waals surface area contributed by atoms with Crippen LogP contribution in [0.3, 0.4) is 0 Å². The van der Waals surface area contributed by atoms with Gasteiger partial charge < -0.3 is 10.2 Å². The zero-order valence-corrected chi connectivity index (χ0v) is 11.5. The van der Waals surface area contributed by atoms with Crippen LogP contribution in [0.15, 0.2) is 12.4 Å². The molecule has 0 spiro atoms. The second kappa shape index (κ2) is 6.69. The molecular formula is C14H24N4. The molecule has 0 unspecified atom stereocenters. The fourth-order valence-corrected chi connectivity index (χ4v) is 2.02. The van der Waals surface area contributed by atoms with E-state index < -0.39 is 0 Å². The van der Waals surface area contributed by atoms with Gasteiger partial charge in [-0.15, -0.1) is 0 Å². The number of rotatable bonds is 8. The fraction of sp³-hybridized carbons (Fsp3) is 0.714. The third-order valence-electron chi connectivity index (χ3n) is 3.27. The van der Waals surface area contributed by atoms with E-state index in [4.69, 9.17) is 0 Å². The number of hydrogen-bond donors (Lipinski definition) is 1. The van der Waals surface area contributed by atoms with Crippen LogP contribution >= 0.6 is 0 Å². The van der Waals surface area contributed by atoms with Crippen molar-refractivity contribution in [2.45, 2.75) is 52.1 Å². The monoisotopic (exact) mass is 248 g/mol. The predicted octanol–water partition coefficient (Wildman–Crippen LogP) is 2.36. The van der Waals surface area contributed by atoms with Gasteiger partial charge in [0.2, 0.25) is 5.95 Å². The van der Waals surface area contributed by atoms with Gasteiger partial charge in [0.25, 0.3) is 0 Å². The van der Waals surface area contributed by atoms with Crippen molar-refractivity contribution in [3.63, 3.8) is 0 Å². The Morgan fingerprint density at radius 2 is 2.00 bits per heavy atom. The Morgan fingerprint density at radius 3 is 2.56 bits per heavy atom. The highest BCUT2D eigenvalue weighted by molar-refractivity contribution is 5.34. The van der Waals surface area contributed by atoms with Gasteiger partial charge in [-0.3, -0.25) is 0 Å². The van der Waals surface area contributed by atoms with E-state index in [9.17, 15) is 0 Å². The summed E-state index contributed by atoms with van der Waals surface area (Å²) >= 11 is 0. The van der Waals surface area contributed by atoms with E-state index in [1.165, 1.54) is 25.7 Å². The van der Waals surface area contributed by atoms with Crippen molar-refractivity contribution in [2.75, 3.05) is 18.0 Å². The summed E-state index contributed by atoms with van der Waals surface area (Å²) in [7, 11) is 0. The standard InChI is InChI=1S/C14H24N4/c1-3-5-8-18(13-6-7-13)14-16-10-12(11-17-14)9-15-4-2/h10-11,13,15H,3-9H2,1-2H3. The molecule has 1 aliphatic carbocycles. The molecule has 18 heavy (non-hydrogen) atoms. The highest BCUT2D eigenvalue weighted by Gasteiger charge is 2.30. The Hall–Kier alpha value is -1.16. The summed E-state index contributed by atoms with van der Waals surface area (Å²) in [4.78, 5) is 11.4. The van der Waals surface area contributed by atoms with Crippen molar-refractivity contribution in [1.29, 1.82) is 0 Å². The van der Waals surface area contributed by atoms with Crippen LogP contribution in [0.1, 0.15) is 45.1 Å². The molecule has 2 rings (SSSR count). The highest BCUT2D eigenvalue weighted by Crippen LogP contribution is 2.29. The fourth-order valence-electron chi connectivity index (χ4n) is 2.02. The minimum absolute atomic E-state index is 0.691. The lowest BCUT2D eigenvalue weighted by Gasteiger charge is -2.22.